The SMILES string of the molecule is CC[C@H](C)[C@@H]([C@@H](CC(=O)N1CCC[C@H]1C[C@@H](C)C(=O)N[C@H](C)[C@@H](O)c1ccccc1)OC)N(C)C(=O)C(NC(=O)[C@@H](NC)C(C)C)C(C)C. The van der Waals surface area contributed by atoms with Crippen LogP contribution in [0.5, 0.6) is 0 Å². The Bertz CT molecular complexity index is 1200. The zero-order chi connectivity index (χ0) is 37.0. The van der Waals surface area contributed by atoms with Gasteiger partial charge in [-0.3, -0.25) is 19.2 Å². The maximum atomic E-state index is 14.0. The predicted molar refractivity (Wildman–Crippen MR) is 193 cm³/mol. The van der Waals surface area contributed by atoms with Crippen molar-refractivity contribution < 1.29 is 29.0 Å². The second kappa shape index (κ2) is 20.0. The molecule has 0 spiro atoms. The molecule has 1 aliphatic heterocycles. The number of likely N-dealkylation sites (N-methyl/N-ethyl adjacent to an activating group) is 2. The summed E-state index contributed by atoms with van der Waals surface area (Å²) in [6.07, 6.45) is 1.62. The summed E-state index contributed by atoms with van der Waals surface area (Å²) in [5, 5.41) is 19.7. The number of nitrogens with zero attached hydrogens (tertiary/aromatic N) is 2. The first-order valence-corrected chi connectivity index (χ1v) is 18.2. The highest BCUT2D eigenvalue weighted by Gasteiger charge is 2.40. The molecule has 1 aromatic rings. The molecule has 9 atom stereocenters. The minimum absolute atomic E-state index is 0.0160. The maximum Gasteiger partial charge on any atom is 0.245 e. The molecule has 4 N–H and O–H groups in total. The third-order valence-electron chi connectivity index (χ3n) is 10.3. The number of carbonyl (C=O) groups is 4. The number of nitrogens with one attached hydrogen (secondary N) is 3. The molecule has 1 aromatic carbocycles. The number of benzene rings is 1. The fourth-order valence-electron chi connectivity index (χ4n) is 7.07. The van der Waals surface area contributed by atoms with E-state index in [0.29, 0.717) is 13.0 Å². The van der Waals surface area contributed by atoms with Gasteiger partial charge in [-0.2, -0.15) is 0 Å². The Hall–Kier alpha value is -3.02. The summed E-state index contributed by atoms with van der Waals surface area (Å²) in [5.41, 5.74) is 0.740. The highest BCUT2D eigenvalue weighted by molar-refractivity contribution is 5.90. The zero-order valence-corrected chi connectivity index (χ0v) is 31.9. The molecule has 0 aromatic heterocycles. The van der Waals surface area contributed by atoms with Crippen LogP contribution in [0, 0.1) is 23.7 Å². The lowest BCUT2D eigenvalue weighted by atomic mass is 9.89. The topological polar surface area (TPSA) is 140 Å². The normalized spacial score (nSPS) is 19.8. The first-order chi connectivity index (χ1) is 23.1. The van der Waals surface area contributed by atoms with E-state index >= 15 is 0 Å². The third kappa shape index (κ3) is 11.5. The number of hydrogen-bond donors (Lipinski definition) is 4. The smallest absolute Gasteiger partial charge is 0.245 e. The Morgan fingerprint density at radius 2 is 1.57 bits per heavy atom. The van der Waals surface area contributed by atoms with Crippen LogP contribution in [0.25, 0.3) is 0 Å². The van der Waals surface area contributed by atoms with E-state index in [2.05, 4.69) is 29.8 Å². The monoisotopic (exact) mass is 687 g/mol. The molecule has 1 heterocycles. The van der Waals surface area contributed by atoms with Crippen molar-refractivity contribution in [1.29, 1.82) is 0 Å². The molecule has 278 valence electrons. The van der Waals surface area contributed by atoms with Gasteiger partial charge < -0.3 is 35.6 Å². The minimum atomic E-state index is -0.825. The molecule has 11 nitrogen and oxygen atoms in total. The third-order valence-corrected chi connectivity index (χ3v) is 10.3. The first kappa shape index (κ1) is 42.1. The second-order valence-electron chi connectivity index (χ2n) is 14.7. The van der Waals surface area contributed by atoms with E-state index in [0.717, 1.165) is 24.8 Å². The largest absolute Gasteiger partial charge is 0.386 e. The van der Waals surface area contributed by atoms with Gasteiger partial charge in [-0.1, -0.05) is 85.2 Å². The molecular formula is C38H65N5O6. The summed E-state index contributed by atoms with van der Waals surface area (Å²) in [6.45, 7) is 16.1. The molecule has 0 aliphatic carbocycles. The van der Waals surface area contributed by atoms with Crippen LogP contribution >= 0.6 is 0 Å². The number of hydrogen-bond acceptors (Lipinski definition) is 7. The van der Waals surface area contributed by atoms with Crippen LogP contribution in [0.15, 0.2) is 30.3 Å². The molecule has 1 saturated heterocycles. The van der Waals surface area contributed by atoms with E-state index in [-0.39, 0.29) is 59.8 Å². The fraction of sp³-hybridized carbons (Fsp3) is 0.737. The summed E-state index contributed by atoms with van der Waals surface area (Å²) >= 11 is 0. The molecule has 0 bridgehead atoms. The maximum absolute atomic E-state index is 14.0. The number of carbonyl (C=O) groups excluding carboxylic acids is 4. The molecule has 1 unspecified atom stereocenters. The van der Waals surface area contributed by atoms with Crippen LogP contribution in [-0.2, 0) is 23.9 Å². The zero-order valence-electron chi connectivity index (χ0n) is 31.9. The van der Waals surface area contributed by atoms with Gasteiger partial charge in [-0.25, -0.2) is 0 Å². The van der Waals surface area contributed by atoms with Crippen LogP contribution < -0.4 is 16.0 Å². The molecular weight excluding hydrogens is 622 g/mol. The van der Waals surface area contributed by atoms with E-state index in [9.17, 15) is 24.3 Å². The van der Waals surface area contributed by atoms with Gasteiger partial charge in [-0.15, -0.1) is 0 Å². The lowest BCUT2D eigenvalue weighted by molar-refractivity contribution is -0.146. The fourth-order valence-corrected chi connectivity index (χ4v) is 7.07. The van der Waals surface area contributed by atoms with E-state index in [1.165, 1.54) is 0 Å². The summed E-state index contributed by atoms with van der Waals surface area (Å²) in [5.74, 6) is -1.11. The van der Waals surface area contributed by atoms with Crippen LogP contribution in [0.4, 0.5) is 0 Å². The lowest BCUT2D eigenvalue weighted by Gasteiger charge is -2.40. The standard InChI is InChI=1S/C38H65N5O6/c1-12-25(6)34(42(10)38(48)33(24(4)5)41-37(47)32(39-9)23(2)3)30(49-11)22-31(44)43-20-16-19-29(43)21-26(7)36(46)40-27(8)35(45)28-17-14-13-15-18-28/h13-15,17-18,23-27,29-30,32-35,39,45H,12,16,19-22H2,1-11H3,(H,40,46)(H,41,47)/t25-,26+,27+,29-,30+,32-,33?,34-,35+/m0/s1. The van der Waals surface area contributed by atoms with Gasteiger partial charge in [0.05, 0.1) is 36.8 Å². The molecule has 1 fully saturated rings. The average Bonchev–Trinajstić information content (AvgIpc) is 3.54. The Balaban J connectivity index is 2.15. The van der Waals surface area contributed by atoms with E-state index in [1.54, 1.807) is 33.0 Å². The molecule has 4 amide bonds. The molecule has 0 saturated carbocycles. The van der Waals surface area contributed by atoms with Gasteiger partial charge in [-0.05, 0) is 56.6 Å². The number of methoxy groups -OCH3 is 1. The molecule has 11 heteroatoms. The van der Waals surface area contributed by atoms with Crippen molar-refractivity contribution in [3.8, 4) is 0 Å². The predicted octanol–water partition coefficient (Wildman–Crippen LogP) is 3.90. The number of amides is 4. The number of aliphatic hydroxyl groups excluding tert-OH is 1. The highest BCUT2D eigenvalue weighted by Crippen LogP contribution is 2.28. The molecule has 49 heavy (non-hydrogen) atoms. The van der Waals surface area contributed by atoms with Crippen molar-refractivity contribution in [3.63, 3.8) is 0 Å². The summed E-state index contributed by atoms with van der Waals surface area (Å²) < 4.78 is 5.98. The van der Waals surface area contributed by atoms with Crippen molar-refractivity contribution in [3.05, 3.63) is 35.9 Å². The number of aliphatic hydroxyl groups is 1. The van der Waals surface area contributed by atoms with Crippen molar-refractivity contribution in [2.45, 2.75) is 130 Å². The van der Waals surface area contributed by atoms with E-state index in [1.807, 2.05) is 69.9 Å². The lowest BCUT2D eigenvalue weighted by Crippen LogP contribution is -2.59. The number of ether oxygens (including phenoxy) is 1. The van der Waals surface area contributed by atoms with E-state index in [4.69, 9.17) is 4.74 Å². The van der Waals surface area contributed by atoms with Gasteiger partial charge in [0, 0.05) is 32.7 Å². The molecule has 0 radical (unpaired) electrons. The summed E-state index contributed by atoms with van der Waals surface area (Å²) in [7, 11) is 5.05. The van der Waals surface area contributed by atoms with Crippen molar-refractivity contribution >= 4 is 23.6 Å². The Kier molecular flexibility index (Phi) is 17.2. The highest BCUT2D eigenvalue weighted by atomic mass is 16.5. The summed E-state index contributed by atoms with van der Waals surface area (Å²) in [4.78, 5) is 57.8. The van der Waals surface area contributed by atoms with Gasteiger partial charge >= 0.3 is 0 Å². The Morgan fingerprint density at radius 3 is 2.10 bits per heavy atom. The van der Waals surface area contributed by atoms with Crippen LogP contribution in [0.2, 0.25) is 0 Å². The van der Waals surface area contributed by atoms with Gasteiger partial charge in [0.25, 0.3) is 0 Å². The van der Waals surface area contributed by atoms with E-state index < -0.39 is 36.4 Å². The van der Waals surface area contributed by atoms with Crippen LogP contribution in [0.3, 0.4) is 0 Å². The molecule has 1 aliphatic rings. The first-order valence-electron chi connectivity index (χ1n) is 18.2. The van der Waals surface area contributed by atoms with Gasteiger partial charge in [0.15, 0.2) is 0 Å². The van der Waals surface area contributed by atoms with Crippen molar-refractivity contribution in [2.24, 2.45) is 23.7 Å². The Morgan fingerprint density at radius 1 is 0.959 bits per heavy atom. The number of likely N-dealkylation sites (tertiary alicyclic amines) is 1. The van der Waals surface area contributed by atoms with Gasteiger partial charge in [0.2, 0.25) is 23.6 Å². The quantitative estimate of drug-likeness (QED) is 0.173. The second-order valence-corrected chi connectivity index (χ2v) is 14.7. The Labute approximate surface area is 295 Å². The van der Waals surface area contributed by atoms with Crippen LogP contribution in [-0.4, -0.2) is 103 Å². The van der Waals surface area contributed by atoms with Crippen molar-refractivity contribution in [2.75, 3.05) is 27.7 Å². The molecule has 2 rings (SSSR count). The minimum Gasteiger partial charge on any atom is -0.386 e. The number of rotatable bonds is 19. The van der Waals surface area contributed by atoms with Crippen molar-refractivity contribution in [1.82, 2.24) is 25.8 Å². The average molecular weight is 688 g/mol. The van der Waals surface area contributed by atoms with Crippen LogP contribution in [0.1, 0.15) is 99.2 Å². The van der Waals surface area contributed by atoms with Gasteiger partial charge in [0.1, 0.15) is 6.04 Å². The summed E-state index contributed by atoms with van der Waals surface area (Å²) in [6, 6.07) is 7.12.